The van der Waals surface area contributed by atoms with Gasteiger partial charge in [-0.3, -0.25) is 9.59 Å². The molecule has 4 aliphatic rings. The molecule has 10 heteroatoms. The van der Waals surface area contributed by atoms with Gasteiger partial charge in [0, 0.05) is 11.3 Å². The lowest BCUT2D eigenvalue weighted by Gasteiger charge is -2.46. The highest BCUT2D eigenvalue weighted by Crippen LogP contribution is 2.81. The second-order valence-corrected chi connectivity index (χ2v) is 11.0. The van der Waals surface area contributed by atoms with Gasteiger partial charge in [0.1, 0.15) is 10.4 Å². The number of rotatable bonds is 8. The van der Waals surface area contributed by atoms with Crippen molar-refractivity contribution in [2.24, 2.45) is 34.1 Å². The molecule has 1 saturated heterocycles. The van der Waals surface area contributed by atoms with Gasteiger partial charge in [0.25, 0.3) is 0 Å². The fourth-order valence-electron chi connectivity index (χ4n) is 7.27. The molecule has 1 aliphatic heterocycles. The Morgan fingerprint density at radius 3 is 2.30 bits per heavy atom. The first kappa shape index (κ1) is 22.8. The van der Waals surface area contributed by atoms with Gasteiger partial charge in [0.05, 0.1) is 5.41 Å². The summed E-state index contributed by atoms with van der Waals surface area (Å²) < 4.78 is 40.3. The number of amides is 2. The highest BCUT2D eigenvalue weighted by Gasteiger charge is 2.83. The van der Waals surface area contributed by atoms with Gasteiger partial charge in [-0.05, 0) is 69.5 Å². The summed E-state index contributed by atoms with van der Waals surface area (Å²) in [5.41, 5.74) is 7.67. The van der Waals surface area contributed by atoms with E-state index in [0.717, 1.165) is 55.6 Å². The number of primary amides is 2. The van der Waals surface area contributed by atoms with Crippen molar-refractivity contribution >= 4 is 23.2 Å². The van der Waals surface area contributed by atoms with Crippen LogP contribution in [-0.2, 0) is 21.2 Å². The van der Waals surface area contributed by atoms with Gasteiger partial charge in [-0.1, -0.05) is 18.6 Å². The van der Waals surface area contributed by atoms with E-state index < -0.39 is 40.4 Å². The Hall–Kier alpha value is -1.94. The summed E-state index contributed by atoms with van der Waals surface area (Å²) in [5.74, 6) is -2.24. The Bertz CT molecular complexity index is 998. The van der Waals surface area contributed by atoms with Crippen molar-refractivity contribution in [1.29, 1.82) is 0 Å². The molecule has 6 nitrogen and oxygen atoms in total. The Morgan fingerprint density at radius 2 is 1.76 bits per heavy atom. The van der Waals surface area contributed by atoms with E-state index in [1.165, 1.54) is 12.8 Å². The van der Waals surface area contributed by atoms with E-state index in [2.05, 4.69) is 9.88 Å². The van der Waals surface area contributed by atoms with Gasteiger partial charge < -0.3 is 16.4 Å². The third kappa shape index (κ3) is 2.98. The van der Waals surface area contributed by atoms with Crippen molar-refractivity contribution in [1.82, 2.24) is 9.88 Å². The topological polar surface area (TPSA) is 102 Å². The predicted molar refractivity (Wildman–Crippen MR) is 117 cm³/mol. The van der Waals surface area contributed by atoms with Gasteiger partial charge in [0.2, 0.25) is 11.8 Å². The summed E-state index contributed by atoms with van der Waals surface area (Å²) in [6.45, 7) is 3.01. The zero-order chi connectivity index (χ0) is 23.6. The Kier molecular flexibility index (Phi) is 5.21. The zero-order valence-corrected chi connectivity index (χ0v) is 19.2. The van der Waals surface area contributed by atoms with E-state index in [1.54, 1.807) is 0 Å². The average molecular weight is 483 g/mol. The van der Waals surface area contributed by atoms with Gasteiger partial charge in [-0.15, -0.1) is 11.3 Å². The molecule has 2 heterocycles. The molecule has 3 fully saturated rings. The first-order chi connectivity index (χ1) is 15.6. The van der Waals surface area contributed by atoms with Crippen LogP contribution in [0.4, 0.5) is 13.2 Å². The Labute approximate surface area is 194 Å². The van der Waals surface area contributed by atoms with Crippen LogP contribution < -0.4 is 11.5 Å². The van der Waals surface area contributed by atoms with E-state index in [-0.39, 0.29) is 16.3 Å². The quantitative estimate of drug-likeness (QED) is 0.439. The van der Waals surface area contributed by atoms with Crippen LogP contribution in [0.2, 0.25) is 0 Å². The molecule has 2 amide bonds. The molecular formula is C23H29F3N4O2S. The van der Waals surface area contributed by atoms with Crippen LogP contribution >= 0.6 is 11.3 Å². The lowest BCUT2D eigenvalue weighted by molar-refractivity contribution is -0.145. The molecular weight excluding hydrogens is 453 g/mol. The van der Waals surface area contributed by atoms with E-state index in [0.29, 0.717) is 12.8 Å². The lowest BCUT2D eigenvalue weighted by Crippen LogP contribution is -2.62. The fraction of sp³-hybridized carbons (Fsp3) is 0.696. The van der Waals surface area contributed by atoms with Crippen LogP contribution in [0.5, 0.6) is 0 Å². The number of halogens is 3. The van der Waals surface area contributed by atoms with Gasteiger partial charge in [-0.2, -0.15) is 13.2 Å². The van der Waals surface area contributed by atoms with Crippen molar-refractivity contribution in [3.05, 3.63) is 28.2 Å². The third-order valence-corrected chi connectivity index (χ3v) is 9.70. The van der Waals surface area contributed by atoms with Crippen LogP contribution in [0.15, 0.2) is 17.5 Å². The molecule has 33 heavy (non-hydrogen) atoms. The fourth-order valence-corrected chi connectivity index (χ4v) is 8.43. The van der Waals surface area contributed by atoms with Gasteiger partial charge in [-0.25, -0.2) is 4.98 Å². The highest BCUT2D eigenvalue weighted by molar-refractivity contribution is 7.10. The minimum atomic E-state index is -4.65. The number of aromatic nitrogens is 1. The number of hydrogen-bond donors (Lipinski definition) is 2. The van der Waals surface area contributed by atoms with Crippen molar-refractivity contribution in [3.63, 3.8) is 0 Å². The standard InChI is InChI=1S/C23H29F3N4O2S/c24-23(25,26)16-13-33-19(29-16)22(18(28)32)15-6-5-14(20(15)8-9-20)21(22,17(27)31)7-1-2-10-30-11-3-4-12-30/h5-6,13-15H,1-4,7-12H2,(H2,27,31)(H2,28,32)/t14-,15+,21+,22-/m1/s1. The number of alkyl halides is 3. The first-order valence-electron chi connectivity index (χ1n) is 11.6. The van der Waals surface area contributed by atoms with E-state index in [1.807, 2.05) is 12.2 Å². The van der Waals surface area contributed by atoms with Crippen molar-refractivity contribution < 1.29 is 22.8 Å². The van der Waals surface area contributed by atoms with Gasteiger partial charge in [0.15, 0.2) is 5.69 Å². The largest absolute Gasteiger partial charge is 0.434 e. The summed E-state index contributed by atoms with van der Waals surface area (Å²) in [7, 11) is 0. The zero-order valence-electron chi connectivity index (χ0n) is 18.4. The Morgan fingerprint density at radius 1 is 1.09 bits per heavy atom. The number of thiazole rings is 1. The van der Waals surface area contributed by atoms with Crippen LogP contribution in [-0.4, -0.2) is 41.3 Å². The molecule has 1 aromatic heterocycles. The molecule has 0 unspecified atom stereocenters. The third-order valence-electron chi connectivity index (χ3n) is 8.72. The number of nitrogens with zero attached hydrogens (tertiary/aromatic N) is 2. The summed E-state index contributed by atoms with van der Waals surface area (Å²) in [5, 5.41) is 0.887. The molecule has 2 saturated carbocycles. The van der Waals surface area contributed by atoms with E-state index in [4.69, 9.17) is 11.5 Å². The molecule has 1 spiro atoms. The molecule has 0 aromatic carbocycles. The van der Waals surface area contributed by atoms with Crippen molar-refractivity contribution in [3.8, 4) is 0 Å². The van der Waals surface area contributed by atoms with Crippen molar-refractivity contribution in [2.45, 2.75) is 56.5 Å². The lowest BCUT2D eigenvalue weighted by atomic mass is 9.55. The second-order valence-electron chi connectivity index (χ2n) is 10.1. The molecule has 4 atom stereocenters. The first-order valence-corrected chi connectivity index (χ1v) is 12.5. The van der Waals surface area contributed by atoms with Crippen LogP contribution in [0.25, 0.3) is 0 Å². The van der Waals surface area contributed by atoms with E-state index in [9.17, 15) is 22.8 Å². The maximum absolute atomic E-state index is 13.4. The molecule has 3 aliphatic carbocycles. The molecule has 1 aromatic rings. The number of hydrogen-bond acceptors (Lipinski definition) is 5. The van der Waals surface area contributed by atoms with Gasteiger partial charge >= 0.3 is 6.18 Å². The molecule has 5 rings (SSSR count). The molecule has 0 radical (unpaired) electrons. The van der Waals surface area contributed by atoms with Crippen LogP contribution in [0.1, 0.15) is 55.6 Å². The van der Waals surface area contributed by atoms with E-state index >= 15 is 0 Å². The monoisotopic (exact) mass is 482 g/mol. The average Bonchev–Trinajstić information content (AvgIpc) is 3.12. The maximum atomic E-state index is 13.4. The summed E-state index contributed by atoms with van der Waals surface area (Å²) in [4.78, 5) is 32.9. The maximum Gasteiger partial charge on any atom is 0.434 e. The highest BCUT2D eigenvalue weighted by atomic mass is 32.1. The SMILES string of the molecule is NC(=O)[C@]1(CCCCN2CCCC2)[C@@H]2C=C[C@@H](C23CC3)[C@@]1(C(N)=O)c1nc(C(F)(F)F)cs1. The summed E-state index contributed by atoms with van der Waals surface area (Å²) in [6.07, 6.45) is 4.91. The number of carbonyl (C=O) groups excluding carboxylic acids is 2. The van der Waals surface area contributed by atoms with Crippen molar-refractivity contribution in [2.75, 3.05) is 19.6 Å². The normalized spacial score (nSPS) is 34.4. The Balaban J connectivity index is 1.57. The molecule has 180 valence electrons. The number of unbranched alkanes of at least 4 members (excludes halogenated alkanes) is 1. The predicted octanol–water partition coefficient (Wildman–Crippen LogP) is 3.22. The number of likely N-dealkylation sites (tertiary alicyclic amines) is 1. The van der Waals surface area contributed by atoms with Crippen LogP contribution in [0.3, 0.4) is 0 Å². The minimum Gasteiger partial charge on any atom is -0.369 e. The number of carbonyl (C=O) groups is 2. The smallest absolute Gasteiger partial charge is 0.369 e. The summed E-state index contributed by atoms with van der Waals surface area (Å²) >= 11 is 0.767. The number of nitrogens with two attached hydrogens (primary N) is 2. The summed E-state index contributed by atoms with van der Waals surface area (Å²) in [6, 6.07) is 0. The van der Waals surface area contributed by atoms with Crippen LogP contribution in [0, 0.1) is 22.7 Å². The number of allylic oxidation sites excluding steroid dienone is 2. The molecule has 2 bridgehead atoms. The molecule has 4 N–H and O–H groups in total. The minimum absolute atomic E-state index is 0.0243. The second kappa shape index (κ2) is 7.53.